The van der Waals surface area contributed by atoms with Crippen LogP contribution in [0, 0.1) is 6.92 Å². The molecule has 0 spiro atoms. The second-order valence-electron chi connectivity index (χ2n) is 4.81. The second-order valence-corrected chi connectivity index (χ2v) is 10.4. The summed E-state index contributed by atoms with van der Waals surface area (Å²) >= 11 is 17.1. The van der Waals surface area contributed by atoms with E-state index in [0.29, 0.717) is 5.56 Å². The van der Waals surface area contributed by atoms with E-state index in [1.807, 2.05) is 0 Å². The van der Waals surface area contributed by atoms with Crippen molar-refractivity contribution in [3.8, 4) is 0 Å². The van der Waals surface area contributed by atoms with Gasteiger partial charge in [-0.15, -0.1) is 0 Å². The van der Waals surface area contributed by atoms with Crippen molar-refractivity contribution in [1.82, 2.24) is 9.55 Å². The second kappa shape index (κ2) is 7.57. The molecule has 12 heteroatoms. The maximum absolute atomic E-state index is 12.0. The van der Waals surface area contributed by atoms with Gasteiger partial charge >= 0.3 is 5.69 Å². The highest BCUT2D eigenvalue weighted by molar-refractivity contribution is 8.78. The van der Waals surface area contributed by atoms with Crippen molar-refractivity contribution in [3.63, 3.8) is 0 Å². The van der Waals surface area contributed by atoms with Gasteiger partial charge < -0.3 is 14.9 Å². The Morgan fingerprint density at radius 3 is 2.65 bits per heavy atom. The van der Waals surface area contributed by atoms with Gasteiger partial charge in [-0.05, 0) is 17.7 Å². The van der Waals surface area contributed by atoms with Gasteiger partial charge in [-0.1, -0.05) is 45.6 Å². The molecule has 4 atom stereocenters. The van der Waals surface area contributed by atoms with Crippen LogP contribution in [-0.4, -0.2) is 47.0 Å². The highest BCUT2D eigenvalue weighted by atomic mass is 35.6. The van der Waals surface area contributed by atoms with Gasteiger partial charge in [0, 0.05) is 11.8 Å². The SMILES string of the molecule is Cc1cn([C@@H]2O[C@H](CO)C(O)C2SSC(Cl)(Cl)Cl)c(=O)[nH]c1=O. The number of alkyl halides is 3. The number of aryl methyl sites for hydroxylation is 1. The first-order chi connectivity index (χ1) is 10.6. The third-order valence-electron chi connectivity index (χ3n) is 3.17. The predicted molar refractivity (Wildman–Crippen MR) is 92.3 cm³/mol. The zero-order valence-electron chi connectivity index (χ0n) is 11.6. The molecule has 0 radical (unpaired) electrons. The standard InChI is InChI=1S/C11H13Cl3N2O5S2/c1-4-2-16(10(20)15-8(4)19)9-7(22-23-11(12,13)14)6(18)5(3-17)21-9/h2,5-7,9,17-18H,3H2,1H3,(H,15,19,20)/t5-,6?,7?,9-/m1/s1. The van der Waals surface area contributed by atoms with Gasteiger partial charge in [-0.2, -0.15) is 0 Å². The summed E-state index contributed by atoms with van der Waals surface area (Å²) in [6, 6.07) is 0. The molecule has 1 aliphatic rings. The maximum Gasteiger partial charge on any atom is 0.330 e. The lowest BCUT2D eigenvalue weighted by Crippen LogP contribution is -2.37. The topological polar surface area (TPSA) is 105 Å². The zero-order chi connectivity index (χ0) is 17.4. The van der Waals surface area contributed by atoms with Crippen LogP contribution in [0.1, 0.15) is 11.8 Å². The number of halogens is 3. The number of nitrogens with one attached hydrogen (secondary N) is 1. The van der Waals surface area contributed by atoms with E-state index in [2.05, 4.69) is 4.98 Å². The van der Waals surface area contributed by atoms with Crippen LogP contribution in [0.2, 0.25) is 0 Å². The number of hydrogen-bond donors (Lipinski definition) is 3. The fourth-order valence-electron chi connectivity index (χ4n) is 2.08. The summed E-state index contributed by atoms with van der Waals surface area (Å²) in [7, 11) is 1.89. The summed E-state index contributed by atoms with van der Waals surface area (Å²) in [6.45, 7) is 1.09. The molecular formula is C11H13Cl3N2O5S2. The number of aliphatic hydroxyl groups is 2. The quantitative estimate of drug-likeness (QED) is 0.493. The van der Waals surface area contributed by atoms with E-state index in [1.54, 1.807) is 0 Å². The van der Waals surface area contributed by atoms with E-state index in [-0.39, 0.29) is 0 Å². The first-order valence-electron chi connectivity index (χ1n) is 6.31. The summed E-state index contributed by atoms with van der Waals surface area (Å²) in [6.07, 6.45) is -1.59. The minimum atomic E-state index is -1.63. The van der Waals surface area contributed by atoms with Crippen LogP contribution in [-0.2, 0) is 4.74 Å². The molecule has 23 heavy (non-hydrogen) atoms. The minimum Gasteiger partial charge on any atom is -0.394 e. The highest BCUT2D eigenvalue weighted by Gasteiger charge is 2.46. The Hall–Kier alpha value is 0.130. The molecular weight excluding hydrogens is 411 g/mol. The first kappa shape index (κ1) is 19.5. The molecule has 1 fully saturated rings. The van der Waals surface area contributed by atoms with Crippen molar-refractivity contribution < 1.29 is 14.9 Å². The predicted octanol–water partition coefficient (Wildman–Crippen LogP) is 1.17. The molecule has 3 N–H and O–H groups in total. The third-order valence-corrected chi connectivity index (χ3v) is 7.41. The largest absolute Gasteiger partial charge is 0.394 e. The molecule has 1 aromatic heterocycles. The van der Waals surface area contributed by atoms with Gasteiger partial charge in [0.25, 0.3) is 5.56 Å². The summed E-state index contributed by atoms with van der Waals surface area (Å²) < 4.78 is 5.06. The Balaban J connectivity index is 2.35. The number of ether oxygens (including phenoxy) is 1. The number of nitrogens with zero attached hydrogens (tertiary/aromatic N) is 1. The number of aromatic nitrogens is 2. The minimum absolute atomic E-state index is 0.299. The molecule has 7 nitrogen and oxygen atoms in total. The van der Waals surface area contributed by atoms with E-state index in [1.165, 1.54) is 13.1 Å². The van der Waals surface area contributed by atoms with Crippen LogP contribution < -0.4 is 11.2 Å². The van der Waals surface area contributed by atoms with E-state index in [4.69, 9.17) is 39.5 Å². The molecule has 0 amide bonds. The number of aliphatic hydroxyl groups excluding tert-OH is 2. The van der Waals surface area contributed by atoms with Gasteiger partial charge in [0.2, 0.25) is 3.12 Å². The smallest absolute Gasteiger partial charge is 0.330 e. The van der Waals surface area contributed by atoms with Crippen molar-refractivity contribution in [2.45, 2.75) is 33.7 Å². The number of hydrogen-bond acceptors (Lipinski definition) is 7. The van der Waals surface area contributed by atoms with Crippen molar-refractivity contribution in [2.24, 2.45) is 0 Å². The molecule has 2 rings (SSSR count). The van der Waals surface area contributed by atoms with Crippen LogP contribution in [0.4, 0.5) is 0 Å². The van der Waals surface area contributed by atoms with Crippen LogP contribution in [0.5, 0.6) is 0 Å². The molecule has 1 saturated heterocycles. The molecule has 0 aromatic carbocycles. The van der Waals surface area contributed by atoms with E-state index in [9.17, 15) is 19.8 Å². The van der Waals surface area contributed by atoms with E-state index < -0.39 is 44.7 Å². The average Bonchev–Trinajstić information content (AvgIpc) is 2.76. The van der Waals surface area contributed by atoms with Gasteiger partial charge in [0.15, 0.2) is 6.23 Å². The Kier molecular flexibility index (Phi) is 6.40. The lowest BCUT2D eigenvalue weighted by Gasteiger charge is -2.22. The lowest BCUT2D eigenvalue weighted by atomic mass is 10.2. The molecule has 2 heterocycles. The molecule has 1 aromatic rings. The Labute approximate surface area is 153 Å². The molecule has 1 aliphatic heterocycles. The summed E-state index contributed by atoms with van der Waals surface area (Å²) in [5, 5.41) is 18.8. The number of H-pyrrole nitrogens is 1. The van der Waals surface area contributed by atoms with E-state index in [0.717, 1.165) is 26.2 Å². The highest BCUT2D eigenvalue weighted by Crippen LogP contribution is 2.51. The summed E-state index contributed by atoms with van der Waals surface area (Å²) in [4.78, 5) is 25.6. The van der Waals surface area contributed by atoms with Crippen molar-refractivity contribution in [1.29, 1.82) is 0 Å². The van der Waals surface area contributed by atoms with Gasteiger partial charge in [0.05, 0.1) is 18.0 Å². The summed E-state index contributed by atoms with van der Waals surface area (Å²) in [5.74, 6) is 0. The molecule has 2 unspecified atom stereocenters. The molecule has 0 aliphatic carbocycles. The van der Waals surface area contributed by atoms with Gasteiger partial charge in [-0.25, -0.2) is 4.79 Å². The Morgan fingerprint density at radius 2 is 2.09 bits per heavy atom. The van der Waals surface area contributed by atoms with Crippen molar-refractivity contribution in [2.75, 3.05) is 6.61 Å². The fourth-order valence-corrected chi connectivity index (χ4v) is 5.15. The fraction of sp³-hybridized carbons (Fsp3) is 0.636. The van der Waals surface area contributed by atoms with Gasteiger partial charge in [0.1, 0.15) is 6.10 Å². The number of rotatable bonds is 4. The third kappa shape index (κ3) is 4.60. The normalized spacial score (nSPS) is 28.3. The molecule has 130 valence electrons. The summed E-state index contributed by atoms with van der Waals surface area (Å²) in [5.41, 5.74) is -0.905. The van der Waals surface area contributed by atoms with Gasteiger partial charge in [-0.3, -0.25) is 14.3 Å². The Bertz CT molecular complexity index is 677. The first-order valence-corrected chi connectivity index (χ1v) is 9.66. The lowest BCUT2D eigenvalue weighted by molar-refractivity contribution is -0.0457. The average molecular weight is 424 g/mol. The monoisotopic (exact) mass is 422 g/mol. The van der Waals surface area contributed by atoms with Crippen molar-refractivity contribution >= 4 is 56.4 Å². The Morgan fingerprint density at radius 1 is 1.43 bits per heavy atom. The van der Waals surface area contributed by atoms with Crippen LogP contribution in [0.3, 0.4) is 0 Å². The molecule has 0 saturated carbocycles. The number of aromatic amines is 1. The van der Waals surface area contributed by atoms with Crippen LogP contribution in [0.15, 0.2) is 15.8 Å². The maximum atomic E-state index is 12.0. The van der Waals surface area contributed by atoms with Crippen LogP contribution in [0.25, 0.3) is 0 Å². The van der Waals surface area contributed by atoms with E-state index >= 15 is 0 Å². The zero-order valence-corrected chi connectivity index (χ0v) is 15.5. The molecule has 0 bridgehead atoms. The van der Waals surface area contributed by atoms with Crippen LogP contribution >= 0.6 is 56.4 Å². The van der Waals surface area contributed by atoms with Crippen molar-refractivity contribution in [3.05, 3.63) is 32.6 Å².